The summed E-state index contributed by atoms with van der Waals surface area (Å²) in [6.45, 7) is -0.360. The number of rotatable bonds is 4. The molecule has 0 saturated carbocycles. The van der Waals surface area contributed by atoms with Gasteiger partial charge in [0.15, 0.2) is 0 Å². The van der Waals surface area contributed by atoms with Gasteiger partial charge in [-0.25, -0.2) is 0 Å². The van der Waals surface area contributed by atoms with Crippen molar-refractivity contribution >= 4 is 44.8 Å². The van der Waals surface area contributed by atoms with Crippen LogP contribution in [0.25, 0.3) is 0 Å². The Balaban J connectivity index is 1.91. The zero-order chi connectivity index (χ0) is 23.7. The van der Waals surface area contributed by atoms with Gasteiger partial charge in [0.05, 0.1) is 27.5 Å². The fourth-order valence-electron chi connectivity index (χ4n) is 3.76. The molecule has 33 heavy (non-hydrogen) atoms. The van der Waals surface area contributed by atoms with Gasteiger partial charge in [-0.2, -0.15) is 0 Å². The van der Waals surface area contributed by atoms with Gasteiger partial charge in [0.2, 0.25) is 5.91 Å². The minimum Gasteiger partial charge on any atom is -0.324 e. The van der Waals surface area contributed by atoms with Gasteiger partial charge < -0.3 is 10.2 Å². The molecular weight excluding hydrogens is 496 g/mol. The van der Waals surface area contributed by atoms with Gasteiger partial charge in [-0.1, -0.05) is 46.3 Å². The van der Waals surface area contributed by atoms with Crippen LogP contribution in [0.1, 0.15) is 27.5 Å². The monoisotopic (exact) mass is 510 g/mol. The van der Waals surface area contributed by atoms with Crippen LogP contribution in [0.15, 0.2) is 71.2 Å². The van der Waals surface area contributed by atoms with E-state index in [1.807, 2.05) is 6.07 Å². The second-order valence-electron chi connectivity index (χ2n) is 7.28. The Labute approximate surface area is 195 Å². The molecule has 1 heterocycles. The lowest BCUT2D eigenvalue weighted by Crippen LogP contribution is -2.39. The van der Waals surface area contributed by atoms with E-state index in [9.17, 15) is 29.8 Å². The number of amides is 2. The Kier molecular flexibility index (Phi) is 5.88. The molecule has 1 aliphatic heterocycles. The zero-order valence-electron chi connectivity index (χ0n) is 16.8. The molecular formula is C22H15BrN4O6. The fraction of sp³-hybridized carbons (Fsp3) is 0.0909. The van der Waals surface area contributed by atoms with E-state index in [0.717, 1.165) is 22.7 Å². The molecule has 3 aromatic carbocycles. The van der Waals surface area contributed by atoms with E-state index in [-0.39, 0.29) is 12.1 Å². The number of benzene rings is 3. The Hall–Kier alpha value is -4.12. The van der Waals surface area contributed by atoms with Crippen molar-refractivity contribution in [1.82, 2.24) is 4.90 Å². The van der Waals surface area contributed by atoms with E-state index in [4.69, 9.17) is 0 Å². The number of nitrogens with zero attached hydrogens (tertiary/aromatic N) is 3. The molecule has 1 aliphatic rings. The first-order chi connectivity index (χ1) is 15.7. The number of anilines is 1. The van der Waals surface area contributed by atoms with Crippen molar-refractivity contribution in [3.63, 3.8) is 0 Å². The van der Waals surface area contributed by atoms with Crippen LogP contribution in [0, 0.1) is 20.2 Å². The lowest BCUT2D eigenvalue weighted by Gasteiger charge is -2.30. The maximum atomic E-state index is 13.6. The highest BCUT2D eigenvalue weighted by atomic mass is 79.9. The molecule has 1 atom stereocenters. The second kappa shape index (κ2) is 8.79. The highest BCUT2D eigenvalue weighted by Crippen LogP contribution is 2.38. The minimum atomic E-state index is -0.806. The molecule has 2 amide bonds. The Morgan fingerprint density at radius 1 is 0.970 bits per heavy atom. The summed E-state index contributed by atoms with van der Waals surface area (Å²) in [5.74, 6) is -1.22. The van der Waals surface area contributed by atoms with Crippen molar-refractivity contribution < 1.29 is 19.4 Å². The van der Waals surface area contributed by atoms with Gasteiger partial charge in [-0.3, -0.25) is 29.8 Å². The molecule has 1 N–H and O–H groups in total. The predicted molar refractivity (Wildman–Crippen MR) is 122 cm³/mol. The van der Waals surface area contributed by atoms with Crippen molar-refractivity contribution in [2.45, 2.75) is 6.04 Å². The molecule has 0 radical (unpaired) electrons. The number of non-ortho nitro benzene ring substituents is 2. The van der Waals surface area contributed by atoms with Gasteiger partial charge in [0, 0.05) is 27.9 Å². The summed E-state index contributed by atoms with van der Waals surface area (Å²) in [6, 6.07) is 16.2. The number of nitrogens with one attached hydrogen (secondary N) is 1. The standard InChI is InChI=1S/C22H15BrN4O6/c23-15-6-7-19-18(10-15)21(13-4-2-1-3-5-13)25(12-20(28)24-19)22(29)14-8-16(26(30)31)11-17(9-14)27(32)33/h1-11,21H,12H2,(H,24,28)/t21-/m0/s1. The zero-order valence-corrected chi connectivity index (χ0v) is 18.4. The number of nitro benzene ring substituents is 2. The highest BCUT2D eigenvalue weighted by Gasteiger charge is 2.35. The van der Waals surface area contributed by atoms with Crippen molar-refractivity contribution in [3.05, 3.63) is 108 Å². The second-order valence-corrected chi connectivity index (χ2v) is 8.19. The summed E-state index contributed by atoms with van der Waals surface area (Å²) in [4.78, 5) is 48.5. The first-order valence-corrected chi connectivity index (χ1v) is 10.4. The van der Waals surface area contributed by atoms with Crippen LogP contribution < -0.4 is 5.32 Å². The number of hydrogen-bond acceptors (Lipinski definition) is 6. The number of hydrogen-bond donors (Lipinski definition) is 1. The van der Waals surface area contributed by atoms with Gasteiger partial charge in [-0.15, -0.1) is 0 Å². The average molecular weight is 511 g/mol. The van der Waals surface area contributed by atoms with Crippen LogP contribution in [0.5, 0.6) is 0 Å². The van der Waals surface area contributed by atoms with Crippen molar-refractivity contribution in [1.29, 1.82) is 0 Å². The highest BCUT2D eigenvalue weighted by molar-refractivity contribution is 9.10. The van der Waals surface area contributed by atoms with Crippen LogP contribution in [0.2, 0.25) is 0 Å². The van der Waals surface area contributed by atoms with Crippen LogP contribution >= 0.6 is 15.9 Å². The van der Waals surface area contributed by atoms with Crippen LogP contribution in [0.4, 0.5) is 17.1 Å². The molecule has 166 valence electrons. The summed E-state index contributed by atoms with van der Waals surface area (Å²) in [5, 5.41) is 25.4. The smallest absolute Gasteiger partial charge is 0.277 e. The molecule has 10 nitrogen and oxygen atoms in total. The van der Waals surface area contributed by atoms with Crippen molar-refractivity contribution in [2.24, 2.45) is 0 Å². The van der Waals surface area contributed by atoms with E-state index in [1.54, 1.807) is 42.5 Å². The minimum absolute atomic E-state index is 0.261. The molecule has 0 saturated heterocycles. The third-order valence-electron chi connectivity index (χ3n) is 5.16. The Morgan fingerprint density at radius 2 is 1.61 bits per heavy atom. The normalized spacial score (nSPS) is 15.2. The van der Waals surface area contributed by atoms with E-state index in [0.29, 0.717) is 16.8 Å². The van der Waals surface area contributed by atoms with Crippen LogP contribution in [-0.4, -0.2) is 33.1 Å². The quantitative estimate of drug-likeness (QED) is 0.406. The van der Waals surface area contributed by atoms with E-state index in [1.165, 1.54) is 4.90 Å². The van der Waals surface area contributed by atoms with E-state index >= 15 is 0 Å². The SMILES string of the molecule is O=C1CN(C(=O)c2cc([N+](=O)[O-])cc([N+](=O)[O-])c2)[C@@H](c2ccccc2)c2cc(Br)ccc2N1. The number of carbonyl (C=O) groups is 2. The van der Waals surface area contributed by atoms with Gasteiger partial charge >= 0.3 is 0 Å². The van der Waals surface area contributed by atoms with E-state index in [2.05, 4.69) is 21.2 Å². The Bertz CT molecular complexity index is 1270. The molecule has 0 fully saturated rings. The predicted octanol–water partition coefficient (Wildman–Crippen LogP) is 4.45. The van der Waals surface area contributed by atoms with Gasteiger partial charge in [0.25, 0.3) is 17.3 Å². The first-order valence-electron chi connectivity index (χ1n) is 9.63. The third-order valence-corrected chi connectivity index (χ3v) is 5.65. The molecule has 0 aliphatic carbocycles. The number of nitro groups is 2. The summed E-state index contributed by atoms with van der Waals surface area (Å²) >= 11 is 3.42. The molecule has 3 aromatic rings. The van der Waals surface area contributed by atoms with Crippen LogP contribution in [0.3, 0.4) is 0 Å². The van der Waals surface area contributed by atoms with Gasteiger partial charge in [-0.05, 0) is 23.8 Å². The van der Waals surface area contributed by atoms with Crippen LogP contribution in [-0.2, 0) is 4.79 Å². The largest absolute Gasteiger partial charge is 0.324 e. The maximum absolute atomic E-state index is 13.6. The van der Waals surface area contributed by atoms with E-state index < -0.39 is 39.1 Å². The molecule has 0 spiro atoms. The molecule has 4 rings (SSSR count). The molecule has 0 unspecified atom stereocenters. The fourth-order valence-corrected chi connectivity index (χ4v) is 4.14. The molecule has 0 bridgehead atoms. The van der Waals surface area contributed by atoms with Crippen molar-refractivity contribution in [3.8, 4) is 0 Å². The summed E-state index contributed by atoms with van der Waals surface area (Å²) < 4.78 is 0.719. The third kappa shape index (κ3) is 4.44. The summed E-state index contributed by atoms with van der Waals surface area (Å²) in [6.07, 6.45) is 0. The number of fused-ring (bicyclic) bond motifs is 1. The lowest BCUT2D eigenvalue weighted by atomic mass is 9.95. The van der Waals surface area contributed by atoms with Gasteiger partial charge in [0.1, 0.15) is 6.54 Å². The number of carbonyl (C=O) groups excluding carboxylic acids is 2. The maximum Gasteiger partial charge on any atom is 0.277 e. The van der Waals surface area contributed by atoms with Crippen molar-refractivity contribution in [2.75, 3.05) is 11.9 Å². The summed E-state index contributed by atoms with van der Waals surface area (Å²) in [5.41, 5.74) is 0.384. The molecule has 11 heteroatoms. The molecule has 0 aromatic heterocycles. The topological polar surface area (TPSA) is 136 Å². The Morgan fingerprint density at radius 3 is 2.21 bits per heavy atom. The number of halogens is 1. The first kappa shape index (κ1) is 22.1. The summed E-state index contributed by atoms with van der Waals surface area (Å²) in [7, 11) is 0. The lowest BCUT2D eigenvalue weighted by molar-refractivity contribution is -0.394. The average Bonchev–Trinajstić information content (AvgIpc) is 2.94.